The highest BCUT2D eigenvalue weighted by Crippen LogP contribution is 2.49. The number of hydrogen-bond donors (Lipinski definition) is 1. The van der Waals surface area contributed by atoms with Crippen molar-refractivity contribution in [1.29, 1.82) is 0 Å². The first kappa shape index (κ1) is 11.5. The minimum absolute atomic E-state index is 0.107. The third-order valence-electron chi connectivity index (χ3n) is 2.95. The Morgan fingerprint density at radius 2 is 2.06 bits per heavy atom. The van der Waals surface area contributed by atoms with Crippen LogP contribution in [-0.2, 0) is 10.2 Å². The number of carboxylic acid groups (broad SMARTS) is 1. The van der Waals surface area contributed by atoms with Gasteiger partial charge in [-0.3, -0.25) is 4.79 Å². The van der Waals surface area contributed by atoms with E-state index in [0.717, 1.165) is 0 Å². The summed E-state index contributed by atoms with van der Waals surface area (Å²) >= 11 is 3.04. The van der Waals surface area contributed by atoms with Crippen molar-refractivity contribution in [3.63, 3.8) is 0 Å². The van der Waals surface area contributed by atoms with Crippen molar-refractivity contribution in [2.75, 3.05) is 0 Å². The van der Waals surface area contributed by atoms with Crippen molar-refractivity contribution in [1.82, 2.24) is 0 Å². The Morgan fingerprint density at radius 3 is 2.44 bits per heavy atom. The third kappa shape index (κ3) is 1.73. The number of carbonyl (C=O) groups is 1. The van der Waals surface area contributed by atoms with Crippen molar-refractivity contribution in [2.24, 2.45) is 0 Å². The number of halogens is 3. The highest BCUT2D eigenvalue weighted by atomic mass is 79.9. The molecule has 0 unspecified atom stereocenters. The van der Waals surface area contributed by atoms with Gasteiger partial charge in [0.2, 0.25) is 0 Å². The maximum absolute atomic E-state index is 12.5. The molecule has 0 heterocycles. The van der Waals surface area contributed by atoms with Gasteiger partial charge in [-0.05, 0) is 24.5 Å². The molecule has 0 amide bonds. The van der Waals surface area contributed by atoms with Crippen molar-refractivity contribution in [3.8, 4) is 0 Å². The van der Waals surface area contributed by atoms with Crippen LogP contribution in [0.3, 0.4) is 0 Å². The SMILES string of the molecule is O=C(O)C1(c2ccc(C(F)F)c(Br)c2)CC1. The van der Waals surface area contributed by atoms with Crippen molar-refractivity contribution < 1.29 is 18.7 Å². The lowest BCUT2D eigenvalue weighted by Gasteiger charge is -2.12. The van der Waals surface area contributed by atoms with E-state index in [1.165, 1.54) is 18.2 Å². The molecule has 0 saturated heterocycles. The molecular weight excluding hydrogens is 282 g/mol. The number of rotatable bonds is 3. The monoisotopic (exact) mass is 290 g/mol. The number of carboxylic acids is 1. The largest absolute Gasteiger partial charge is 0.481 e. The van der Waals surface area contributed by atoms with Crippen LogP contribution < -0.4 is 0 Å². The zero-order valence-electron chi connectivity index (χ0n) is 8.21. The second-order valence-electron chi connectivity index (χ2n) is 3.92. The summed E-state index contributed by atoms with van der Waals surface area (Å²) in [6.45, 7) is 0. The minimum atomic E-state index is -2.55. The predicted molar refractivity (Wildman–Crippen MR) is 57.6 cm³/mol. The molecule has 1 saturated carbocycles. The van der Waals surface area contributed by atoms with Crippen LogP contribution in [0.1, 0.15) is 30.4 Å². The van der Waals surface area contributed by atoms with Gasteiger partial charge in [-0.2, -0.15) is 0 Å². The zero-order chi connectivity index (χ0) is 11.9. The molecule has 0 radical (unpaired) electrons. The van der Waals surface area contributed by atoms with Gasteiger partial charge in [0.25, 0.3) is 6.43 Å². The van der Waals surface area contributed by atoms with E-state index in [-0.39, 0.29) is 10.0 Å². The Morgan fingerprint density at radius 1 is 1.44 bits per heavy atom. The number of aliphatic carboxylic acids is 1. The second kappa shape index (κ2) is 3.80. The van der Waals surface area contributed by atoms with E-state index in [1.54, 1.807) is 0 Å². The summed E-state index contributed by atoms with van der Waals surface area (Å²) < 4.78 is 25.2. The summed E-state index contributed by atoms with van der Waals surface area (Å²) in [5.41, 5.74) is -0.357. The highest BCUT2D eigenvalue weighted by molar-refractivity contribution is 9.10. The Bertz CT molecular complexity index is 442. The van der Waals surface area contributed by atoms with Gasteiger partial charge in [0.1, 0.15) is 0 Å². The molecule has 1 aromatic rings. The Hall–Kier alpha value is -0.970. The standard InChI is InChI=1S/C11H9BrF2O2/c12-8-5-6(1-2-7(8)9(13)14)11(3-4-11)10(15)16/h1-2,5,9H,3-4H2,(H,15,16). The first-order valence-electron chi connectivity index (χ1n) is 4.79. The zero-order valence-corrected chi connectivity index (χ0v) is 9.80. The fraction of sp³-hybridized carbons (Fsp3) is 0.364. The molecule has 1 aliphatic rings. The lowest BCUT2D eigenvalue weighted by atomic mass is 9.95. The Kier molecular flexibility index (Phi) is 2.74. The molecule has 0 aromatic heterocycles. The van der Waals surface area contributed by atoms with Gasteiger partial charge >= 0.3 is 5.97 Å². The van der Waals surface area contributed by atoms with E-state index in [2.05, 4.69) is 15.9 Å². The van der Waals surface area contributed by atoms with Crippen molar-refractivity contribution >= 4 is 21.9 Å². The first-order chi connectivity index (χ1) is 7.47. The average Bonchev–Trinajstić information content (AvgIpc) is 2.97. The minimum Gasteiger partial charge on any atom is -0.481 e. The van der Waals surface area contributed by atoms with Crippen LogP contribution in [-0.4, -0.2) is 11.1 Å². The summed E-state index contributed by atoms with van der Waals surface area (Å²) in [7, 11) is 0. The Labute approximate surface area is 99.4 Å². The molecule has 0 aliphatic heterocycles. The van der Waals surface area contributed by atoms with Gasteiger partial charge in [0.05, 0.1) is 5.41 Å². The fourth-order valence-electron chi connectivity index (χ4n) is 1.75. The molecule has 1 aliphatic carbocycles. The molecule has 5 heteroatoms. The lowest BCUT2D eigenvalue weighted by molar-refractivity contribution is -0.140. The first-order valence-corrected chi connectivity index (χ1v) is 5.58. The van der Waals surface area contributed by atoms with E-state index in [1.807, 2.05) is 0 Å². The maximum Gasteiger partial charge on any atom is 0.314 e. The number of alkyl halides is 2. The van der Waals surface area contributed by atoms with Crippen LogP contribution in [0.25, 0.3) is 0 Å². The summed E-state index contributed by atoms with van der Waals surface area (Å²) in [6, 6.07) is 4.25. The predicted octanol–water partition coefficient (Wildman–Crippen LogP) is 3.50. The van der Waals surface area contributed by atoms with E-state index in [0.29, 0.717) is 18.4 Å². The molecular formula is C11H9BrF2O2. The highest BCUT2D eigenvalue weighted by Gasteiger charge is 2.51. The molecule has 1 N–H and O–H groups in total. The molecule has 1 fully saturated rings. The molecule has 0 bridgehead atoms. The lowest BCUT2D eigenvalue weighted by Crippen LogP contribution is -2.19. The van der Waals surface area contributed by atoms with Crippen molar-refractivity contribution in [3.05, 3.63) is 33.8 Å². The van der Waals surface area contributed by atoms with Crippen LogP contribution in [0, 0.1) is 0 Å². The molecule has 86 valence electrons. The van der Waals surface area contributed by atoms with Crippen LogP contribution >= 0.6 is 15.9 Å². The van der Waals surface area contributed by atoms with E-state index < -0.39 is 17.8 Å². The van der Waals surface area contributed by atoms with E-state index in [4.69, 9.17) is 5.11 Å². The maximum atomic E-state index is 12.5. The normalized spacial score (nSPS) is 17.5. The van der Waals surface area contributed by atoms with Gasteiger partial charge in [0, 0.05) is 10.0 Å². The quantitative estimate of drug-likeness (QED) is 0.925. The molecule has 2 rings (SSSR count). The second-order valence-corrected chi connectivity index (χ2v) is 4.78. The number of hydrogen-bond acceptors (Lipinski definition) is 1. The molecule has 0 atom stereocenters. The Balaban J connectivity index is 2.39. The fourth-order valence-corrected chi connectivity index (χ4v) is 2.30. The van der Waals surface area contributed by atoms with Gasteiger partial charge in [0.15, 0.2) is 0 Å². The summed E-state index contributed by atoms with van der Waals surface area (Å²) in [6.07, 6.45) is -1.41. The molecule has 16 heavy (non-hydrogen) atoms. The smallest absolute Gasteiger partial charge is 0.314 e. The van der Waals surface area contributed by atoms with Gasteiger partial charge in [-0.25, -0.2) is 8.78 Å². The molecule has 1 aromatic carbocycles. The summed E-state index contributed by atoms with van der Waals surface area (Å²) in [4.78, 5) is 11.1. The van der Waals surface area contributed by atoms with E-state index >= 15 is 0 Å². The summed E-state index contributed by atoms with van der Waals surface area (Å²) in [5, 5.41) is 9.06. The van der Waals surface area contributed by atoms with Gasteiger partial charge in [-0.15, -0.1) is 0 Å². The van der Waals surface area contributed by atoms with Crippen molar-refractivity contribution in [2.45, 2.75) is 24.7 Å². The van der Waals surface area contributed by atoms with Crippen LogP contribution in [0.15, 0.2) is 22.7 Å². The van der Waals surface area contributed by atoms with Gasteiger partial charge in [-0.1, -0.05) is 28.1 Å². The topological polar surface area (TPSA) is 37.3 Å². The molecule has 0 spiro atoms. The third-order valence-corrected chi connectivity index (χ3v) is 3.63. The number of benzene rings is 1. The van der Waals surface area contributed by atoms with Crippen LogP contribution in [0.4, 0.5) is 8.78 Å². The summed E-state index contributed by atoms with van der Waals surface area (Å²) in [5.74, 6) is -0.885. The van der Waals surface area contributed by atoms with Crippen LogP contribution in [0.2, 0.25) is 0 Å². The molecule has 2 nitrogen and oxygen atoms in total. The van der Waals surface area contributed by atoms with E-state index in [9.17, 15) is 13.6 Å². The van der Waals surface area contributed by atoms with Crippen LogP contribution in [0.5, 0.6) is 0 Å². The van der Waals surface area contributed by atoms with Gasteiger partial charge < -0.3 is 5.11 Å². The average molecular weight is 291 g/mol.